The Morgan fingerprint density at radius 2 is 2.07 bits per heavy atom. The minimum absolute atomic E-state index is 0. The average molecular weight is 498 g/mol. The Labute approximate surface area is 180 Å². The number of ether oxygens (including phenoxy) is 1. The van der Waals surface area contributed by atoms with Crippen molar-refractivity contribution in [2.24, 2.45) is 4.99 Å². The van der Waals surface area contributed by atoms with Crippen LogP contribution in [0.3, 0.4) is 0 Å². The lowest BCUT2D eigenvalue weighted by atomic mass is 10.3. The maximum Gasteiger partial charge on any atom is 0.191 e. The van der Waals surface area contributed by atoms with Crippen LogP contribution < -0.4 is 15.4 Å². The van der Waals surface area contributed by atoms with Gasteiger partial charge >= 0.3 is 0 Å². The van der Waals surface area contributed by atoms with E-state index in [1.807, 2.05) is 42.6 Å². The van der Waals surface area contributed by atoms with Crippen LogP contribution in [-0.4, -0.2) is 39.8 Å². The van der Waals surface area contributed by atoms with Gasteiger partial charge in [0.05, 0.1) is 6.54 Å². The molecule has 0 saturated carbocycles. The van der Waals surface area contributed by atoms with Crippen molar-refractivity contribution in [2.45, 2.75) is 26.5 Å². The van der Waals surface area contributed by atoms with Gasteiger partial charge in [0.15, 0.2) is 17.4 Å². The summed E-state index contributed by atoms with van der Waals surface area (Å²) in [6.07, 6.45) is 1.75. The summed E-state index contributed by atoms with van der Waals surface area (Å²) in [5.74, 6) is 1.59. The van der Waals surface area contributed by atoms with E-state index >= 15 is 0 Å². The summed E-state index contributed by atoms with van der Waals surface area (Å²) in [7, 11) is 0. The van der Waals surface area contributed by atoms with Gasteiger partial charge in [-0.25, -0.2) is 9.38 Å². The molecule has 3 aromatic rings. The van der Waals surface area contributed by atoms with Crippen LogP contribution in [0, 0.1) is 5.82 Å². The standard InChI is InChI=1S/C19H23FN6O.HI/c1-3-21-19(22-12-14(2)27-16-8-6-7-15(20)11-16)23-13-18-25-24-17-9-4-5-10-26(17)18;/h4-11,14H,3,12-13H2,1-2H3,(H2,21,22,23);1H. The molecule has 2 aromatic heterocycles. The molecule has 2 heterocycles. The molecule has 0 radical (unpaired) electrons. The molecular weight excluding hydrogens is 474 g/mol. The molecule has 0 aliphatic rings. The van der Waals surface area contributed by atoms with Gasteiger partial charge in [-0.2, -0.15) is 0 Å². The van der Waals surface area contributed by atoms with Gasteiger partial charge in [-0.05, 0) is 38.1 Å². The number of nitrogens with zero attached hydrogens (tertiary/aromatic N) is 4. The Kier molecular flexibility index (Phi) is 8.42. The maximum absolute atomic E-state index is 13.2. The van der Waals surface area contributed by atoms with E-state index in [9.17, 15) is 4.39 Å². The van der Waals surface area contributed by atoms with Crippen molar-refractivity contribution in [2.75, 3.05) is 13.1 Å². The van der Waals surface area contributed by atoms with E-state index in [-0.39, 0.29) is 35.9 Å². The molecule has 2 N–H and O–H groups in total. The van der Waals surface area contributed by atoms with Crippen molar-refractivity contribution in [3.63, 3.8) is 0 Å². The number of nitrogens with one attached hydrogen (secondary N) is 2. The Hall–Kier alpha value is -2.43. The summed E-state index contributed by atoms with van der Waals surface area (Å²) in [4.78, 5) is 4.55. The molecule has 0 saturated heterocycles. The van der Waals surface area contributed by atoms with Gasteiger partial charge in [0.25, 0.3) is 0 Å². The molecule has 1 aromatic carbocycles. The smallest absolute Gasteiger partial charge is 0.191 e. The van der Waals surface area contributed by atoms with Crippen molar-refractivity contribution in [3.05, 3.63) is 60.3 Å². The SMILES string of the molecule is CCNC(=NCc1nnc2ccccn12)NCC(C)Oc1cccc(F)c1.I. The van der Waals surface area contributed by atoms with Crippen LogP contribution >= 0.6 is 24.0 Å². The highest BCUT2D eigenvalue weighted by Gasteiger charge is 2.08. The Morgan fingerprint density at radius 1 is 1.21 bits per heavy atom. The second kappa shape index (κ2) is 10.8. The van der Waals surface area contributed by atoms with Crippen LogP contribution in [0.15, 0.2) is 53.7 Å². The zero-order valence-corrected chi connectivity index (χ0v) is 18.1. The van der Waals surface area contributed by atoms with Gasteiger partial charge < -0.3 is 15.4 Å². The van der Waals surface area contributed by atoms with Crippen molar-refractivity contribution >= 4 is 35.6 Å². The molecule has 1 unspecified atom stereocenters. The van der Waals surface area contributed by atoms with Gasteiger partial charge in [0.1, 0.15) is 24.2 Å². The van der Waals surface area contributed by atoms with Gasteiger partial charge in [-0.1, -0.05) is 12.1 Å². The maximum atomic E-state index is 13.2. The third kappa shape index (κ3) is 6.04. The summed E-state index contributed by atoms with van der Waals surface area (Å²) >= 11 is 0. The number of rotatable bonds is 7. The Balaban J connectivity index is 0.00000280. The van der Waals surface area contributed by atoms with Crippen molar-refractivity contribution in [1.82, 2.24) is 25.2 Å². The molecule has 0 fully saturated rings. The minimum atomic E-state index is -0.317. The van der Waals surface area contributed by atoms with Gasteiger partial charge in [0, 0.05) is 18.8 Å². The third-order valence-electron chi connectivity index (χ3n) is 3.80. The van der Waals surface area contributed by atoms with Crippen LogP contribution in [0.25, 0.3) is 5.65 Å². The van der Waals surface area contributed by atoms with Gasteiger partial charge in [-0.15, -0.1) is 34.2 Å². The number of benzene rings is 1. The molecule has 0 aliphatic carbocycles. The van der Waals surface area contributed by atoms with E-state index in [0.717, 1.165) is 18.0 Å². The third-order valence-corrected chi connectivity index (χ3v) is 3.80. The molecule has 0 spiro atoms. The number of aliphatic imine (C=N–C) groups is 1. The van der Waals surface area contributed by atoms with Crippen LogP contribution in [0.1, 0.15) is 19.7 Å². The molecule has 0 aliphatic heterocycles. The van der Waals surface area contributed by atoms with Crippen molar-refractivity contribution in [1.29, 1.82) is 0 Å². The fourth-order valence-corrected chi connectivity index (χ4v) is 2.54. The Morgan fingerprint density at radius 3 is 2.86 bits per heavy atom. The first-order chi connectivity index (χ1) is 13.2. The molecule has 7 nitrogen and oxygen atoms in total. The van der Waals surface area contributed by atoms with Crippen LogP contribution in [0.2, 0.25) is 0 Å². The second-order valence-corrected chi connectivity index (χ2v) is 6.01. The fourth-order valence-electron chi connectivity index (χ4n) is 2.54. The molecule has 1 atom stereocenters. The molecule has 9 heteroatoms. The largest absolute Gasteiger partial charge is 0.489 e. The van der Waals surface area contributed by atoms with Crippen LogP contribution in [-0.2, 0) is 6.54 Å². The average Bonchev–Trinajstić information content (AvgIpc) is 3.07. The number of pyridine rings is 1. The predicted octanol–water partition coefficient (Wildman–Crippen LogP) is 3.01. The molecule has 0 bridgehead atoms. The molecule has 0 amide bonds. The van der Waals surface area contributed by atoms with E-state index < -0.39 is 0 Å². The quantitative estimate of drug-likeness (QED) is 0.298. The first-order valence-corrected chi connectivity index (χ1v) is 8.88. The van der Waals surface area contributed by atoms with Crippen LogP contribution in [0.4, 0.5) is 4.39 Å². The van der Waals surface area contributed by atoms with E-state index in [1.165, 1.54) is 12.1 Å². The highest BCUT2D eigenvalue weighted by Crippen LogP contribution is 2.13. The first kappa shape index (κ1) is 21.9. The summed E-state index contributed by atoms with van der Waals surface area (Å²) in [5, 5.41) is 14.7. The zero-order chi connectivity index (χ0) is 19.1. The lowest BCUT2D eigenvalue weighted by molar-refractivity contribution is 0.223. The number of aromatic nitrogens is 3. The van der Waals surface area contributed by atoms with Crippen molar-refractivity contribution < 1.29 is 9.13 Å². The van der Waals surface area contributed by atoms with Crippen LogP contribution in [0.5, 0.6) is 5.75 Å². The summed E-state index contributed by atoms with van der Waals surface area (Å²) in [6, 6.07) is 11.9. The normalized spacial score (nSPS) is 12.3. The predicted molar refractivity (Wildman–Crippen MR) is 118 cm³/mol. The summed E-state index contributed by atoms with van der Waals surface area (Å²) < 4.78 is 20.9. The lowest BCUT2D eigenvalue weighted by Crippen LogP contribution is -2.41. The number of hydrogen-bond acceptors (Lipinski definition) is 4. The zero-order valence-electron chi connectivity index (χ0n) is 15.8. The minimum Gasteiger partial charge on any atom is -0.489 e. The van der Waals surface area contributed by atoms with E-state index in [4.69, 9.17) is 4.74 Å². The van der Waals surface area contributed by atoms with Gasteiger partial charge in [0.2, 0.25) is 0 Å². The molecule has 150 valence electrons. The number of fused-ring (bicyclic) bond motifs is 1. The van der Waals surface area contributed by atoms with Crippen molar-refractivity contribution in [3.8, 4) is 5.75 Å². The Bertz CT molecular complexity index is 916. The van der Waals surface area contributed by atoms with E-state index in [0.29, 0.717) is 24.8 Å². The number of guanidine groups is 1. The summed E-state index contributed by atoms with van der Waals surface area (Å²) in [5.41, 5.74) is 0.790. The number of halogens is 2. The van der Waals surface area contributed by atoms with E-state index in [1.54, 1.807) is 12.1 Å². The van der Waals surface area contributed by atoms with E-state index in [2.05, 4.69) is 25.8 Å². The highest BCUT2D eigenvalue weighted by atomic mass is 127. The molecule has 28 heavy (non-hydrogen) atoms. The highest BCUT2D eigenvalue weighted by molar-refractivity contribution is 14.0. The number of hydrogen-bond donors (Lipinski definition) is 2. The monoisotopic (exact) mass is 498 g/mol. The lowest BCUT2D eigenvalue weighted by Gasteiger charge is -2.17. The molecular formula is C19H24FIN6O. The fraction of sp³-hybridized carbons (Fsp3) is 0.316. The van der Waals surface area contributed by atoms with Gasteiger partial charge in [-0.3, -0.25) is 4.40 Å². The topological polar surface area (TPSA) is 75.8 Å². The molecule has 3 rings (SSSR count). The summed E-state index contributed by atoms with van der Waals surface area (Å²) in [6.45, 7) is 5.54. The first-order valence-electron chi connectivity index (χ1n) is 8.88. The second-order valence-electron chi connectivity index (χ2n) is 6.01.